The minimum Gasteiger partial charge on any atom is -0.546 e. The molecule has 0 aliphatic rings. The molecule has 0 radical (unpaired) electrons. The second kappa shape index (κ2) is 8.84. The van der Waals surface area contributed by atoms with Crippen LogP contribution in [0.25, 0.3) is 0 Å². The number of urea groups is 1. The molecule has 2 rings (SSSR count). The van der Waals surface area contributed by atoms with Crippen molar-refractivity contribution in [2.75, 3.05) is 11.9 Å². The molecule has 25 heavy (non-hydrogen) atoms. The van der Waals surface area contributed by atoms with E-state index >= 15 is 0 Å². The fraction of sp³-hybridized carbons (Fsp3) is 0.118. The summed E-state index contributed by atoms with van der Waals surface area (Å²) in [5, 5.41) is 16.9. The summed E-state index contributed by atoms with van der Waals surface area (Å²) in [6, 6.07) is 11.6. The van der Waals surface area contributed by atoms with E-state index in [4.69, 9.17) is 4.74 Å². The van der Waals surface area contributed by atoms with E-state index in [-0.39, 0.29) is 0 Å². The number of para-hydroxylation sites is 1. The predicted octanol–water partition coefficient (Wildman–Crippen LogP) is 2.04. The van der Waals surface area contributed by atoms with Crippen LogP contribution in [0.15, 0.2) is 52.0 Å². The second-order valence-electron chi connectivity index (χ2n) is 4.99. The molecule has 2 aromatic rings. The maximum atomic E-state index is 11.8. The van der Waals surface area contributed by atoms with Crippen molar-refractivity contribution in [3.63, 3.8) is 0 Å². The first-order valence-electron chi connectivity index (χ1n) is 7.23. The van der Waals surface area contributed by atoms with Crippen LogP contribution in [0.2, 0.25) is 0 Å². The number of carboxylic acid groups (broad SMARTS) is 1. The van der Waals surface area contributed by atoms with Gasteiger partial charge in [-0.25, -0.2) is 10.2 Å². The maximum absolute atomic E-state index is 11.8. The number of anilines is 1. The maximum Gasteiger partial charge on any atom is 0.339 e. The molecule has 0 saturated heterocycles. The van der Waals surface area contributed by atoms with Gasteiger partial charge in [-0.3, -0.25) is 0 Å². The van der Waals surface area contributed by atoms with Crippen molar-refractivity contribution < 1.29 is 19.4 Å². The molecule has 2 N–H and O–H groups in total. The number of carbonyl (C=O) groups excluding carboxylic acids is 2. The van der Waals surface area contributed by atoms with Crippen molar-refractivity contribution in [1.82, 2.24) is 5.43 Å². The third kappa shape index (κ3) is 5.92. The van der Waals surface area contributed by atoms with Crippen molar-refractivity contribution in [1.29, 1.82) is 0 Å². The Morgan fingerprint density at radius 1 is 1.28 bits per heavy atom. The summed E-state index contributed by atoms with van der Waals surface area (Å²) < 4.78 is 6.04. The van der Waals surface area contributed by atoms with E-state index < -0.39 is 18.6 Å². The topological polar surface area (TPSA) is 103 Å². The average Bonchev–Trinajstić information content (AvgIpc) is 2.57. The minimum atomic E-state index is -1.32. The fourth-order valence-electron chi connectivity index (χ4n) is 1.90. The van der Waals surface area contributed by atoms with E-state index in [1.54, 1.807) is 30.3 Å². The Balaban J connectivity index is 1.95. The van der Waals surface area contributed by atoms with Crippen LogP contribution in [0, 0.1) is 6.92 Å². The van der Waals surface area contributed by atoms with Gasteiger partial charge in [0, 0.05) is 15.7 Å². The fourth-order valence-corrected chi connectivity index (χ4v) is 2.14. The monoisotopic (exact) mass is 404 g/mol. The Morgan fingerprint density at radius 3 is 2.76 bits per heavy atom. The standard InChI is InChI=1S/C17H16BrN3O4/c1-11-8-13(6-7-14(11)18)20-17(24)21-19-9-12-4-2-3-5-15(12)25-10-16(22)23/h2-9H,10H2,1H3,(H,22,23)(H2,20,21,24)/p-1/b19-9-. The number of hydrogen-bond acceptors (Lipinski definition) is 5. The minimum absolute atomic E-state index is 0.321. The number of nitrogens with one attached hydrogen (secondary N) is 2. The molecule has 130 valence electrons. The Bertz CT molecular complexity index is 808. The van der Waals surface area contributed by atoms with Crippen molar-refractivity contribution in [3.8, 4) is 5.75 Å². The molecule has 0 saturated carbocycles. The summed E-state index contributed by atoms with van der Waals surface area (Å²) in [5.41, 5.74) is 4.46. The Morgan fingerprint density at radius 2 is 2.04 bits per heavy atom. The van der Waals surface area contributed by atoms with Gasteiger partial charge in [0.05, 0.1) is 12.2 Å². The summed E-state index contributed by atoms with van der Waals surface area (Å²) in [5.74, 6) is -1.00. The van der Waals surface area contributed by atoms with Gasteiger partial charge in [-0.2, -0.15) is 5.10 Å². The molecule has 0 bridgehead atoms. The average molecular weight is 405 g/mol. The van der Waals surface area contributed by atoms with E-state index in [0.717, 1.165) is 10.0 Å². The molecule has 0 aromatic heterocycles. The number of benzene rings is 2. The largest absolute Gasteiger partial charge is 0.546 e. The van der Waals surface area contributed by atoms with Gasteiger partial charge in [0.1, 0.15) is 12.4 Å². The van der Waals surface area contributed by atoms with Gasteiger partial charge < -0.3 is 20.0 Å². The number of aliphatic carboxylic acids is 1. The molecule has 8 heteroatoms. The molecule has 0 atom stereocenters. The molecule has 7 nitrogen and oxygen atoms in total. The van der Waals surface area contributed by atoms with E-state index in [2.05, 4.69) is 31.8 Å². The number of carboxylic acids is 1. The second-order valence-corrected chi connectivity index (χ2v) is 5.84. The van der Waals surface area contributed by atoms with Gasteiger partial charge in [0.25, 0.3) is 0 Å². The zero-order chi connectivity index (χ0) is 18.2. The van der Waals surface area contributed by atoms with Gasteiger partial charge in [-0.05, 0) is 42.8 Å². The van der Waals surface area contributed by atoms with Crippen LogP contribution in [-0.2, 0) is 4.79 Å². The lowest BCUT2D eigenvalue weighted by molar-refractivity contribution is -0.307. The smallest absolute Gasteiger partial charge is 0.339 e. The normalized spacial score (nSPS) is 10.5. The van der Waals surface area contributed by atoms with Crippen molar-refractivity contribution in [2.24, 2.45) is 5.10 Å². The molecular formula is C17H15BrN3O4-. The Kier molecular flexibility index (Phi) is 6.53. The first kappa shape index (κ1) is 18.5. The number of amides is 2. The predicted molar refractivity (Wildman–Crippen MR) is 95.6 cm³/mol. The summed E-state index contributed by atoms with van der Waals surface area (Å²) in [6.07, 6.45) is 1.36. The quantitative estimate of drug-likeness (QED) is 0.567. The lowest BCUT2D eigenvalue weighted by Crippen LogP contribution is -2.29. The molecule has 0 fully saturated rings. The van der Waals surface area contributed by atoms with E-state index in [1.165, 1.54) is 6.21 Å². The van der Waals surface area contributed by atoms with Gasteiger partial charge in [0.15, 0.2) is 0 Å². The van der Waals surface area contributed by atoms with Crippen LogP contribution in [0.1, 0.15) is 11.1 Å². The molecular weight excluding hydrogens is 390 g/mol. The molecule has 0 aliphatic carbocycles. The highest BCUT2D eigenvalue weighted by molar-refractivity contribution is 9.10. The number of ether oxygens (including phenoxy) is 1. The third-order valence-corrected chi connectivity index (χ3v) is 3.94. The SMILES string of the molecule is Cc1cc(NC(=O)N/N=C\c2ccccc2OCC(=O)[O-])ccc1Br. The lowest BCUT2D eigenvalue weighted by atomic mass is 10.2. The van der Waals surface area contributed by atoms with E-state index in [1.807, 2.05) is 19.1 Å². The molecule has 2 aromatic carbocycles. The van der Waals surface area contributed by atoms with Crippen molar-refractivity contribution >= 4 is 39.8 Å². The van der Waals surface area contributed by atoms with Crippen LogP contribution in [0.3, 0.4) is 0 Å². The van der Waals surface area contributed by atoms with Crippen molar-refractivity contribution in [3.05, 3.63) is 58.1 Å². The summed E-state index contributed by atoms with van der Waals surface area (Å²) in [4.78, 5) is 22.3. The highest BCUT2D eigenvalue weighted by atomic mass is 79.9. The summed E-state index contributed by atoms with van der Waals surface area (Å²) in [7, 11) is 0. The Hall–Kier alpha value is -2.87. The van der Waals surface area contributed by atoms with Crippen LogP contribution < -0.4 is 20.6 Å². The summed E-state index contributed by atoms with van der Waals surface area (Å²) in [6.45, 7) is 1.34. The molecule has 2 amide bonds. The Labute approximate surface area is 152 Å². The zero-order valence-electron chi connectivity index (χ0n) is 13.3. The zero-order valence-corrected chi connectivity index (χ0v) is 14.9. The van der Waals surface area contributed by atoms with Gasteiger partial charge in [-0.15, -0.1) is 0 Å². The highest BCUT2D eigenvalue weighted by Crippen LogP contribution is 2.20. The van der Waals surface area contributed by atoms with Crippen LogP contribution in [-0.4, -0.2) is 24.8 Å². The van der Waals surface area contributed by atoms with Gasteiger partial charge in [0.2, 0.25) is 0 Å². The number of nitrogens with zero attached hydrogens (tertiary/aromatic N) is 1. The number of halogens is 1. The molecule has 0 aliphatic heterocycles. The van der Waals surface area contributed by atoms with E-state index in [0.29, 0.717) is 17.0 Å². The van der Waals surface area contributed by atoms with Crippen molar-refractivity contribution in [2.45, 2.75) is 6.92 Å². The molecule has 0 heterocycles. The lowest BCUT2D eigenvalue weighted by Gasteiger charge is -2.09. The van der Waals surface area contributed by atoms with Crippen LogP contribution in [0.5, 0.6) is 5.75 Å². The number of hydrazone groups is 1. The third-order valence-electron chi connectivity index (χ3n) is 3.05. The van der Waals surface area contributed by atoms with E-state index in [9.17, 15) is 14.7 Å². The summed E-state index contributed by atoms with van der Waals surface area (Å²) >= 11 is 3.39. The highest BCUT2D eigenvalue weighted by Gasteiger charge is 2.03. The van der Waals surface area contributed by atoms with Crippen LogP contribution >= 0.6 is 15.9 Å². The number of hydrogen-bond donors (Lipinski definition) is 2. The first-order chi connectivity index (χ1) is 12.0. The number of rotatable bonds is 6. The van der Waals surface area contributed by atoms with Gasteiger partial charge >= 0.3 is 6.03 Å². The number of aryl methyl sites for hydroxylation is 1. The number of carbonyl (C=O) groups is 2. The molecule has 0 spiro atoms. The first-order valence-corrected chi connectivity index (χ1v) is 8.03. The molecule has 0 unspecified atom stereocenters. The van der Waals surface area contributed by atoms with Gasteiger partial charge in [-0.1, -0.05) is 28.1 Å². The van der Waals surface area contributed by atoms with Crippen LogP contribution in [0.4, 0.5) is 10.5 Å².